The molecule has 32 heavy (non-hydrogen) atoms. The van der Waals surface area contributed by atoms with Gasteiger partial charge in [0.25, 0.3) is 17.2 Å². The zero-order chi connectivity index (χ0) is 23.0. The molecule has 11 nitrogen and oxygen atoms in total. The number of rotatable bonds is 5. The second-order valence-electron chi connectivity index (χ2n) is 6.64. The first-order valence-electron chi connectivity index (χ1n) is 8.99. The van der Waals surface area contributed by atoms with Crippen molar-refractivity contribution < 1.29 is 24.5 Å². The normalized spacial score (nSPS) is 17.5. The maximum absolute atomic E-state index is 12.9. The third kappa shape index (κ3) is 3.48. The molecule has 1 N–H and O–H groups in total. The lowest BCUT2D eigenvalue weighted by Gasteiger charge is -2.22. The Morgan fingerprint density at radius 1 is 0.969 bits per heavy atom. The first-order valence-corrected chi connectivity index (χ1v) is 9.87. The zero-order valence-corrected chi connectivity index (χ0v) is 16.8. The average Bonchev–Trinajstić information content (AvgIpc) is 3.40. The van der Waals surface area contributed by atoms with Gasteiger partial charge in [-0.3, -0.25) is 34.7 Å². The molecule has 12 heteroatoms. The number of aliphatic hydroxyl groups is 1. The van der Waals surface area contributed by atoms with E-state index in [-0.39, 0.29) is 27.6 Å². The topological polar surface area (TPSA) is 157 Å². The van der Waals surface area contributed by atoms with E-state index in [1.807, 2.05) is 0 Å². The van der Waals surface area contributed by atoms with Crippen LogP contribution in [-0.4, -0.2) is 31.6 Å². The molecular weight excluding hydrogens is 440 g/mol. The summed E-state index contributed by atoms with van der Waals surface area (Å²) in [5.41, 5.74) is -0.215. The lowest BCUT2D eigenvalue weighted by Crippen LogP contribution is -2.29. The van der Waals surface area contributed by atoms with E-state index < -0.39 is 33.3 Å². The van der Waals surface area contributed by atoms with Gasteiger partial charge in [-0.15, -0.1) is 11.3 Å². The van der Waals surface area contributed by atoms with Gasteiger partial charge in [-0.05, 0) is 29.8 Å². The standard InChI is InChI=1S/C20H12N4O7S/c25-17(12-3-7-14(8-4-12)24(30)31)15-16(11-1-5-13(6-2-11)23(28)29)22(19(27)18(15)26)20-21-9-10-32-20/h1-10,16,25H/b17-15+/t16-/m0/s1. The van der Waals surface area contributed by atoms with E-state index in [1.54, 1.807) is 5.38 Å². The molecule has 160 valence electrons. The van der Waals surface area contributed by atoms with Crippen molar-refractivity contribution in [1.82, 2.24) is 4.98 Å². The summed E-state index contributed by atoms with van der Waals surface area (Å²) in [7, 11) is 0. The molecule has 2 aromatic carbocycles. The van der Waals surface area contributed by atoms with E-state index in [2.05, 4.69) is 4.98 Å². The highest BCUT2D eigenvalue weighted by Crippen LogP contribution is 2.43. The van der Waals surface area contributed by atoms with E-state index in [9.17, 15) is 34.9 Å². The van der Waals surface area contributed by atoms with Gasteiger partial charge in [-0.2, -0.15) is 0 Å². The number of aliphatic hydroxyl groups excluding tert-OH is 1. The van der Waals surface area contributed by atoms with Crippen molar-refractivity contribution >= 4 is 45.3 Å². The number of ketones is 1. The van der Waals surface area contributed by atoms with Gasteiger partial charge < -0.3 is 5.11 Å². The molecule has 3 aromatic rings. The molecule has 1 aromatic heterocycles. The molecule has 0 spiro atoms. The van der Waals surface area contributed by atoms with Crippen molar-refractivity contribution in [2.24, 2.45) is 0 Å². The van der Waals surface area contributed by atoms with E-state index in [0.717, 1.165) is 28.4 Å². The minimum absolute atomic E-state index is 0.0969. The lowest BCUT2D eigenvalue weighted by molar-refractivity contribution is -0.385. The molecule has 1 atom stereocenters. The maximum atomic E-state index is 12.9. The number of Topliss-reactive ketones (excluding diaryl/α,β-unsaturated/α-hetero) is 1. The van der Waals surface area contributed by atoms with Crippen LogP contribution < -0.4 is 4.90 Å². The fourth-order valence-electron chi connectivity index (χ4n) is 3.35. The highest BCUT2D eigenvalue weighted by atomic mass is 32.1. The highest BCUT2D eigenvalue weighted by molar-refractivity contribution is 7.14. The molecule has 0 aliphatic carbocycles. The number of carbonyl (C=O) groups excluding carboxylic acids is 2. The number of non-ortho nitro benzene ring substituents is 2. The minimum Gasteiger partial charge on any atom is -0.507 e. The third-order valence-corrected chi connectivity index (χ3v) is 5.61. The molecular formula is C20H12N4O7S. The maximum Gasteiger partial charge on any atom is 0.301 e. The predicted octanol–water partition coefficient (Wildman–Crippen LogP) is 3.59. The molecule has 0 bridgehead atoms. The van der Waals surface area contributed by atoms with Crippen LogP contribution in [0.5, 0.6) is 0 Å². The fraction of sp³-hybridized carbons (Fsp3) is 0.0500. The van der Waals surface area contributed by atoms with Gasteiger partial charge in [0, 0.05) is 41.4 Å². The number of thiazole rings is 1. The van der Waals surface area contributed by atoms with Crippen molar-refractivity contribution in [3.63, 3.8) is 0 Å². The molecule has 0 radical (unpaired) electrons. The summed E-state index contributed by atoms with van der Waals surface area (Å²) >= 11 is 1.10. The van der Waals surface area contributed by atoms with Crippen LogP contribution in [0.2, 0.25) is 0 Å². The van der Waals surface area contributed by atoms with Crippen LogP contribution in [0.25, 0.3) is 5.76 Å². The van der Waals surface area contributed by atoms with Crippen LogP contribution in [0.1, 0.15) is 17.2 Å². The van der Waals surface area contributed by atoms with E-state index >= 15 is 0 Å². The number of nitrogens with zero attached hydrogens (tertiary/aromatic N) is 4. The van der Waals surface area contributed by atoms with Gasteiger partial charge in [0.15, 0.2) is 5.13 Å². The van der Waals surface area contributed by atoms with Gasteiger partial charge in [0.05, 0.1) is 21.5 Å². The molecule has 1 saturated heterocycles. The second kappa shape index (κ2) is 8.00. The Morgan fingerprint density at radius 2 is 1.53 bits per heavy atom. The van der Waals surface area contributed by atoms with Crippen LogP contribution in [0, 0.1) is 20.2 Å². The Balaban J connectivity index is 1.89. The summed E-state index contributed by atoms with van der Waals surface area (Å²) in [5, 5.41) is 34.6. The number of aromatic nitrogens is 1. The highest BCUT2D eigenvalue weighted by Gasteiger charge is 2.48. The van der Waals surface area contributed by atoms with Crippen molar-refractivity contribution in [3.05, 3.63) is 97.0 Å². The van der Waals surface area contributed by atoms with Gasteiger partial charge in [0.2, 0.25) is 0 Å². The van der Waals surface area contributed by atoms with Crippen LogP contribution in [-0.2, 0) is 9.59 Å². The SMILES string of the molecule is O=C1C(=O)N(c2nccs2)[C@@H](c2ccc([N+](=O)[O-])cc2)/C1=C(\O)c1ccc([N+](=O)[O-])cc1. The average molecular weight is 452 g/mol. The second-order valence-corrected chi connectivity index (χ2v) is 7.51. The quantitative estimate of drug-likeness (QED) is 0.202. The van der Waals surface area contributed by atoms with Crippen LogP contribution >= 0.6 is 11.3 Å². The molecule has 1 aliphatic rings. The minimum atomic E-state index is -1.10. The summed E-state index contributed by atoms with van der Waals surface area (Å²) in [5.74, 6) is -2.42. The Kier molecular flexibility index (Phi) is 5.20. The summed E-state index contributed by atoms with van der Waals surface area (Å²) in [6.45, 7) is 0. The summed E-state index contributed by atoms with van der Waals surface area (Å²) in [6.07, 6.45) is 1.45. The van der Waals surface area contributed by atoms with Crippen LogP contribution in [0.15, 0.2) is 65.7 Å². The summed E-state index contributed by atoms with van der Waals surface area (Å²) in [6, 6.07) is 8.97. The van der Waals surface area contributed by atoms with Gasteiger partial charge >= 0.3 is 5.91 Å². The monoisotopic (exact) mass is 452 g/mol. The van der Waals surface area contributed by atoms with Crippen molar-refractivity contribution in [2.45, 2.75) is 6.04 Å². The molecule has 0 unspecified atom stereocenters. The van der Waals surface area contributed by atoms with E-state index in [1.165, 1.54) is 42.6 Å². The molecule has 2 heterocycles. The third-order valence-electron chi connectivity index (χ3n) is 4.84. The number of nitro groups is 2. The number of benzene rings is 2. The molecule has 4 rings (SSSR count). The van der Waals surface area contributed by atoms with Gasteiger partial charge in [-0.25, -0.2) is 4.98 Å². The van der Waals surface area contributed by atoms with Crippen LogP contribution in [0.4, 0.5) is 16.5 Å². The van der Waals surface area contributed by atoms with E-state index in [0.29, 0.717) is 5.56 Å². The van der Waals surface area contributed by atoms with Crippen molar-refractivity contribution in [3.8, 4) is 0 Å². The smallest absolute Gasteiger partial charge is 0.301 e. The van der Waals surface area contributed by atoms with Crippen LogP contribution in [0.3, 0.4) is 0 Å². The largest absolute Gasteiger partial charge is 0.507 e. The Bertz CT molecular complexity index is 1270. The summed E-state index contributed by atoms with van der Waals surface area (Å²) in [4.78, 5) is 51.7. The number of hydrogen-bond donors (Lipinski definition) is 1. The molecule has 1 fully saturated rings. The fourth-order valence-corrected chi connectivity index (χ4v) is 4.02. The van der Waals surface area contributed by atoms with Crippen molar-refractivity contribution in [2.75, 3.05) is 4.90 Å². The number of anilines is 1. The first kappa shape index (κ1) is 20.8. The number of carbonyl (C=O) groups is 2. The first-order chi connectivity index (χ1) is 15.3. The van der Waals surface area contributed by atoms with Gasteiger partial charge in [-0.1, -0.05) is 0 Å². The van der Waals surface area contributed by atoms with E-state index in [4.69, 9.17) is 0 Å². The lowest BCUT2D eigenvalue weighted by atomic mass is 9.95. The summed E-state index contributed by atoms with van der Waals surface area (Å²) < 4.78 is 0. The number of amides is 1. The molecule has 1 amide bonds. The van der Waals surface area contributed by atoms with Gasteiger partial charge in [0.1, 0.15) is 5.76 Å². The Morgan fingerprint density at radius 3 is 2.03 bits per heavy atom. The molecule has 0 saturated carbocycles. The molecule has 1 aliphatic heterocycles. The Labute approximate surface area is 183 Å². The zero-order valence-electron chi connectivity index (χ0n) is 15.9. The Hall–Kier alpha value is -4.45. The van der Waals surface area contributed by atoms with Crippen molar-refractivity contribution in [1.29, 1.82) is 0 Å². The predicted molar refractivity (Wildman–Crippen MR) is 113 cm³/mol. The number of hydrogen-bond acceptors (Lipinski definition) is 9. The number of nitro benzene ring substituents is 2.